The maximum Gasteiger partial charge on any atom is 0.0786 e. The average Bonchev–Trinajstić information content (AvgIpc) is 2.78. The van der Waals surface area contributed by atoms with E-state index in [-0.39, 0.29) is 4.44 Å². The number of unbranched alkanes of at least 4 members (excludes halogenated alkanes) is 4. The fraction of sp³-hybridized carbons (Fsp3) is 1.00. The first-order valence-electron chi connectivity index (χ1n) is 18.2. The van der Waals surface area contributed by atoms with E-state index in [9.17, 15) is 0 Å². The van der Waals surface area contributed by atoms with Crippen molar-refractivity contribution in [1.82, 2.24) is 4.91 Å². The Hall–Kier alpha value is 1.41. The zero-order chi connectivity index (χ0) is 34.6. The van der Waals surface area contributed by atoms with Gasteiger partial charge in [-0.25, -0.2) is 0 Å². The fourth-order valence-corrected chi connectivity index (χ4v) is 86.4. The second-order valence-electron chi connectivity index (χ2n) is 18.0. The van der Waals surface area contributed by atoms with Gasteiger partial charge in [-0.05, 0) is 25.7 Å². The summed E-state index contributed by atoms with van der Waals surface area (Å²) in [5, 5.41) is 0. The summed E-state index contributed by atoms with van der Waals surface area (Å²) in [6.45, 7) is 45.0. The van der Waals surface area contributed by atoms with Crippen molar-refractivity contribution >= 4 is 51.6 Å². The molecule has 0 bridgehead atoms. The minimum Gasteiger partial charge on any atom is -0.324 e. The predicted octanol–water partition coefficient (Wildman–Crippen LogP) is 12.3. The van der Waals surface area contributed by atoms with Crippen molar-refractivity contribution < 1.29 is 10.2 Å². The molecule has 0 aromatic rings. The minimum absolute atomic E-state index is 0.155. The van der Waals surface area contributed by atoms with Gasteiger partial charge in [-0.3, -0.25) is 0 Å². The van der Waals surface area contributed by atoms with Crippen LogP contribution in [0.15, 0.2) is 0 Å². The summed E-state index contributed by atoms with van der Waals surface area (Å²) < 4.78 is 41.0. The molecule has 0 aromatic heterocycles. The van der Waals surface area contributed by atoms with E-state index in [0.717, 1.165) is 0 Å². The molecule has 0 unspecified atom stereocenters. The van der Waals surface area contributed by atoms with Crippen LogP contribution < -0.4 is 0 Å². The van der Waals surface area contributed by atoms with E-state index in [0.29, 0.717) is 12.3 Å². The third kappa shape index (κ3) is 15.9. The van der Waals surface area contributed by atoms with Gasteiger partial charge in [0.05, 0.1) is 26.2 Å². The molecule has 0 fully saturated rings. The Kier molecular flexibility index (Phi) is 20.4. The van der Waals surface area contributed by atoms with E-state index < -0.39 is 51.6 Å². The summed E-state index contributed by atoms with van der Waals surface area (Å²) in [4.78, 5) is 0. The molecule has 43 heavy (non-hydrogen) atoms. The van der Waals surface area contributed by atoms with Crippen molar-refractivity contribution in [3.05, 3.63) is 0 Å². The average molecular weight is 791 g/mol. The van der Waals surface area contributed by atoms with Crippen molar-refractivity contribution in [3.8, 4) is 0 Å². The van der Waals surface area contributed by atoms with Crippen LogP contribution in [0.2, 0.25) is 83.0 Å². The molecular weight excluding hydrogens is 707 g/mol. The number of quaternary nitrogens is 1. The first-order chi connectivity index (χ1) is 19.2. The van der Waals surface area contributed by atoms with Gasteiger partial charge < -0.3 is 4.48 Å². The van der Waals surface area contributed by atoms with Gasteiger partial charge in [0.2, 0.25) is 0 Å². The molecule has 0 aliphatic rings. The van der Waals surface area contributed by atoms with E-state index in [1.54, 1.807) is 0 Å². The van der Waals surface area contributed by atoms with Crippen LogP contribution in [0.1, 0.15) is 99.3 Å². The maximum atomic E-state index is 17.7. The fourth-order valence-electron chi connectivity index (χ4n) is 8.07. The van der Waals surface area contributed by atoms with Crippen LogP contribution in [0.3, 0.4) is 0 Å². The molecule has 0 aliphatic heterocycles. The van der Waals surface area contributed by atoms with E-state index in [1.807, 2.05) is 4.91 Å². The van der Waals surface area contributed by atoms with Crippen molar-refractivity contribution in [1.29, 1.82) is 0 Å². The third-order valence-electron chi connectivity index (χ3n) is 8.62. The number of halogens is 2. The molecule has 0 spiro atoms. The van der Waals surface area contributed by atoms with Gasteiger partial charge in [0.25, 0.3) is 0 Å². The van der Waals surface area contributed by atoms with Crippen molar-refractivity contribution in [2.75, 3.05) is 26.2 Å². The predicted molar refractivity (Wildman–Crippen MR) is 209 cm³/mol. The summed E-state index contributed by atoms with van der Waals surface area (Å²) in [5.74, 6) is 0.324. The molecule has 0 radical (unpaired) electrons. The number of hydrogen-bond donors (Lipinski definition) is 0. The summed E-state index contributed by atoms with van der Waals surface area (Å²) in [6.07, 6.45) is 11.7. The van der Waals surface area contributed by atoms with Gasteiger partial charge in [0, 0.05) is 0 Å². The standard InChI is InChI=1S/C16H36N.2C6H18NSi2.C5H11.2FH.Sn/c1-5-9-13-17(14-10-6-2,15-11-7-3)16-12-8-4;2*1-8(2,3)7-9(4,5)6;1-4-5(2)3;;;/h5-16H2,1-4H3;2*1-6H3;5H,1,4H2,2-3H3;2*1H;/q+1;2*-1;;;;+3/p-2. The van der Waals surface area contributed by atoms with Gasteiger partial charge in [-0.15, -0.1) is 0 Å². The van der Waals surface area contributed by atoms with Crippen LogP contribution in [-0.4, -0.2) is 87.2 Å². The van der Waals surface area contributed by atoms with Crippen molar-refractivity contribution in [3.63, 3.8) is 0 Å². The second kappa shape index (κ2) is 18.8. The molecule has 264 valence electrons. The van der Waals surface area contributed by atoms with Gasteiger partial charge in [0.15, 0.2) is 0 Å². The largest absolute Gasteiger partial charge is 0.324 e. The zero-order valence-corrected chi connectivity index (χ0v) is 39.9. The topological polar surface area (TPSA) is 6.48 Å². The van der Waals surface area contributed by atoms with Gasteiger partial charge in [0.1, 0.15) is 0 Å². The first-order valence-corrected chi connectivity index (χ1v) is 38.7. The molecule has 0 aliphatic carbocycles. The Bertz CT molecular complexity index is 656. The summed E-state index contributed by atoms with van der Waals surface area (Å²) in [6, 6.07) is 0. The van der Waals surface area contributed by atoms with Gasteiger partial charge >= 0.3 is 171 Å². The summed E-state index contributed by atoms with van der Waals surface area (Å²) in [7, 11) is -8.72. The quantitative estimate of drug-likeness (QED) is 0.0844. The van der Waals surface area contributed by atoms with Crippen molar-refractivity contribution in [2.24, 2.45) is 5.92 Å². The van der Waals surface area contributed by atoms with Crippen LogP contribution in [0.5, 0.6) is 0 Å². The number of hydrogen-bond acceptors (Lipinski definition) is 2. The summed E-state index contributed by atoms with van der Waals surface area (Å²) in [5.41, 5.74) is 0. The Morgan fingerprint density at radius 2 is 0.744 bits per heavy atom. The number of rotatable bonds is 21. The molecule has 0 N–H and O–H groups in total. The molecule has 0 saturated carbocycles. The van der Waals surface area contributed by atoms with E-state index in [1.165, 1.54) is 82.0 Å². The number of nitrogens with zero attached hydrogens (tertiary/aromatic N) is 3. The van der Waals surface area contributed by atoms with Crippen LogP contribution in [-0.2, 0) is 0 Å². The molecule has 0 heterocycles. The van der Waals surface area contributed by atoms with Crippen LogP contribution in [0.4, 0.5) is 5.73 Å². The molecule has 3 nitrogen and oxygen atoms in total. The zero-order valence-electron chi connectivity index (χ0n) is 33.1. The van der Waals surface area contributed by atoms with E-state index in [4.69, 9.17) is 0 Å². The Morgan fingerprint density at radius 3 is 0.907 bits per heavy atom. The normalized spacial score (nSPS) is 15.1. The molecular formula is C33H83F2N3Si4Sn. The molecule has 0 amide bonds. The monoisotopic (exact) mass is 791 g/mol. The molecule has 0 atom stereocenters. The molecule has 0 saturated heterocycles. The third-order valence-corrected chi connectivity index (χ3v) is 64.5. The van der Waals surface area contributed by atoms with Gasteiger partial charge in [-0.2, -0.15) is 0 Å². The van der Waals surface area contributed by atoms with Crippen molar-refractivity contribution in [2.45, 2.75) is 182 Å². The maximum absolute atomic E-state index is 17.7. The van der Waals surface area contributed by atoms with Crippen LogP contribution in [0, 0.1) is 5.92 Å². The molecule has 0 rings (SSSR count). The summed E-state index contributed by atoms with van der Waals surface area (Å²) >= 11 is -6.38. The van der Waals surface area contributed by atoms with E-state index >= 15 is 5.73 Å². The SMILES string of the molecule is CC(C)C[CH2][Sn-]([F])([F])([N]([Si](C)(C)C)[Si](C)(C)C)[N]([Si](C)(C)C)[Si](C)(C)C.CCCC[N+](CCCC)(CCCC)CCCC. The Morgan fingerprint density at radius 1 is 0.512 bits per heavy atom. The minimum atomic E-state index is -6.38. The molecule has 0 aromatic carbocycles. The van der Waals surface area contributed by atoms with E-state index in [2.05, 4.69) is 120 Å². The Labute approximate surface area is 279 Å². The smallest absolute Gasteiger partial charge is 0.0786 e. The molecule has 10 heteroatoms. The first kappa shape index (κ1) is 46.5. The van der Waals surface area contributed by atoms with Gasteiger partial charge in [-0.1, -0.05) is 53.4 Å². The van der Waals surface area contributed by atoms with Crippen LogP contribution >= 0.6 is 0 Å². The Balaban J connectivity index is 0. The second-order valence-corrected chi connectivity index (χ2v) is 53.4. The van der Waals surface area contributed by atoms with Crippen LogP contribution in [0.25, 0.3) is 0 Å².